The van der Waals surface area contributed by atoms with Gasteiger partial charge in [0.05, 0.1) is 18.6 Å². The monoisotopic (exact) mass is 472 g/mol. The van der Waals surface area contributed by atoms with Crippen molar-refractivity contribution in [1.82, 2.24) is 14.1 Å². The zero-order valence-electron chi connectivity index (χ0n) is 19.3. The summed E-state index contributed by atoms with van der Waals surface area (Å²) in [6, 6.07) is 14.9. The molecule has 9 heteroatoms. The number of hydrogen-bond donors (Lipinski definition) is 0. The Balaban J connectivity index is 1.25. The van der Waals surface area contributed by atoms with Crippen LogP contribution in [0.2, 0.25) is 0 Å². The third-order valence-electron chi connectivity index (χ3n) is 6.40. The van der Waals surface area contributed by atoms with Crippen molar-refractivity contribution >= 4 is 21.6 Å². The molecular formula is C24H32N4O4S. The minimum Gasteiger partial charge on any atom is -0.497 e. The molecule has 8 nitrogen and oxygen atoms in total. The molecule has 4 rings (SSSR count). The predicted molar refractivity (Wildman–Crippen MR) is 128 cm³/mol. The van der Waals surface area contributed by atoms with E-state index >= 15 is 0 Å². The summed E-state index contributed by atoms with van der Waals surface area (Å²) in [7, 11) is -1.86. The number of amides is 1. The summed E-state index contributed by atoms with van der Waals surface area (Å²) in [6.45, 7) is 7.12. The summed E-state index contributed by atoms with van der Waals surface area (Å²) < 4.78 is 32.6. The van der Waals surface area contributed by atoms with Crippen molar-refractivity contribution in [1.29, 1.82) is 0 Å². The molecular weight excluding hydrogens is 440 g/mol. The number of aryl methyl sites for hydroxylation is 1. The van der Waals surface area contributed by atoms with Crippen molar-refractivity contribution in [2.24, 2.45) is 0 Å². The van der Waals surface area contributed by atoms with E-state index in [4.69, 9.17) is 4.74 Å². The number of hydrogen-bond acceptors (Lipinski definition) is 6. The van der Waals surface area contributed by atoms with E-state index in [-0.39, 0.29) is 5.91 Å². The summed E-state index contributed by atoms with van der Waals surface area (Å²) in [6.07, 6.45) is 0. The molecule has 2 aromatic carbocycles. The molecule has 2 fully saturated rings. The van der Waals surface area contributed by atoms with Crippen molar-refractivity contribution < 1.29 is 17.9 Å². The van der Waals surface area contributed by atoms with Crippen LogP contribution in [0.5, 0.6) is 5.75 Å². The maximum Gasteiger partial charge on any atom is 0.243 e. The van der Waals surface area contributed by atoms with Crippen molar-refractivity contribution in [3.8, 4) is 5.75 Å². The van der Waals surface area contributed by atoms with Crippen molar-refractivity contribution in [3.63, 3.8) is 0 Å². The second-order valence-electron chi connectivity index (χ2n) is 8.56. The Kier molecular flexibility index (Phi) is 7.21. The number of ether oxygens (including phenoxy) is 1. The van der Waals surface area contributed by atoms with Gasteiger partial charge in [-0.25, -0.2) is 8.42 Å². The number of rotatable bonds is 6. The van der Waals surface area contributed by atoms with E-state index in [1.165, 1.54) is 4.31 Å². The number of benzene rings is 2. The second-order valence-corrected chi connectivity index (χ2v) is 10.5. The van der Waals surface area contributed by atoms with Gasteiger partial charge >= 0.3 is 0 Å². The van der Waals surface area contributed by atoms with Crippen LogP contribution in [-0.4, -0.2) is 94.4 Å². The lowest BCUT2D eigenvalue weighted by molar-refractivity contribution is -0.133. The first-order valence-electron chi connectivity index (χ1n) is 11.3. The molecule has 0 unspecified atom stereocenters. The van der Waals surface area contributed by atoms with Crippen LogP contribution in [-0.2, 0) is 14.8 Å². The van der Waals surface area contributed by atoms with Gasteiger partial charge in [-0.15, -0.1) is 0 Å². The molecule has 0 bridgehead atoms. The molecule has 2 aromatic rings. The van der Waals surface area contributed by atoms with Gasteiger partial charge in [-0.05, 0) is 31.2 Å². The molecule has 0 saturated carbocycles. The van der Waals surface area contributed by atoms with E-state index in [1.807, 2.05) is 25.1 Å². The number of methoxy groups -OCH3 is 1. The van der Waals surface area contributed by atoms with Crippen molar-refractivity contribution in [2.75, 3.05) is 70.9 Å². The van der Waals surface area contributed by atoms with Crippen molar-refractivity contribution in [3.05, 3.63) is 54.1 Å². The van der Waals surface area contributed by atoms with Gasteiger partial charge in [-0.2, -0.15) is 4.31 Å². The molecule has 1 amide bonds. The van der Waals surface area contributed by atoms with Crippen LogP contribution in [0.1, 0.15) is 5.56 Å². The summed E-state index contributed by atoms with van der Waals surface area (Å²) >= 11 is 0. The molecule has 0 spiro atoms. The SMILES string of the molecule is COc1cccc(N2CCN(CC(=O)N3CCN(S(=O)(=O)c4ccc(C)cc4)CC3)CC2)c1. The zero-order valence-corrected chi connectivity index (χ0v) is 20.1. The summed E-state index contributed by atoms with van der Waals surface area (Å²) in [4.78, 5) is 19.4. The van der Waals surface area contributed by atoms with Gasteiger partial charge in [0.15, 0.2) is 0 Å². The minimum atomic E-state index is -3.52. The first kappa shape index (κ1) is 23.5. The second kappa shape index (κ2) is 10.1. The number of anilines is 1. The quantitative estimate of drug-likeness (QED) is 0.637. The molecule has 0 N–H and O–H groups in total. The fourth-order valence-electron chi connectivity index (χ4n) is 4.30. The first-order chi connectivity index (χ1) is 15.9. The van der Waals surface area contributed by atoms with Crippen LogP contribution in [0.15, 0.2) is 53.4 Å². The molecule has 178 valence electrons. The van der Waals surface area contributed by atoms with Crippen LogP contribution in [0.4, 0.5) is 5.69 Å². The van der Waals surface area contributed by atoms with Crippen LogP contribution in [0.3, 0.4) is 0 Å². The van der Waals surface area contributed by atoms with E-state index in [0.29, 0.717) is 37.6 Å². The molecule has 2 heterocycles. The number of nitrogens with zero attached hydrogens (tertiary/aromatic N) is 4. The molecule has 0 aromatic heterocycles. The summed E-state index contributed by atoms with van der Waals surface area (Å²) in [5.74, 6) is 0.908. The Hall–Kier alpha value is -2.62. The van der Waals surface area contributed by atoms with E-state index in [1.54, 1.807) is 36.3 Å². The first-order valence-corrected chi connectivity index (χ1v) is 12.8. The molecule has 0 atom stereocenters. The van der Waals surface area contributed by atoms with E-state index in [0.717, 1.165) is 43.2 Å². The topological polar surface area (TPSA) is 73.4 Å². The average Bonchev–Trinajstić information content (AvgIpc) is 2.85. The van der Waals surface area contributed by atoms with Gasteiger partial charge < -0.3 is 14.5 Å². The summed E-state index contributed by atoms with van der Waals surface area (Å²) in [5.41, 5.74) is 2.15. The highest BCUT2D eigenvalue weighted by Gasteiger charge is 2.31. The third-order valence-corrected chi connectivity index (χ3v) is 8.31. The number of carbonyl (C=O) groups excluding carboxylic acids is 1. The van der Waals surface area contributed by atoms with Crippen molar-refractivity contribution in [2.45, 2.75) is 11.8 Å². The fraction of sp³-hybridized carbons (Fsp3) is 0.458. The highest BCUT2D eigenvalue weighted by molar-refractivity contribution is 7.89. The molecule has 0 radical (unpaired) electrons. The van der Waals surface area contributed by atoms with Crippen LogP contribution in [0.25, 0.3) is 0 Å². The molecule has 0 aliphatic carbocycles. The maximum atomic E-state index is 12.9. The number of piperazine rings is 2. The Morgan fingerprint density at radius 2 is 1.58 bits per heavy atom. The largest absolute Gasteiger partial charge is 0.497 e. The zero-order chi connectivity index (χ0) is 23.4. The minimum absolute atomic E-state index is 0.0669. The summed E-state index contributed by atoms with van der Waals surface area (Å²) in [5, 5.41) is 0. The van der Waals surface area contributed by atoms with E-state index in [2.05, 4.69) is 15.9 Å². The van der Waals surface area contributed by atoms with E-state index in [9.17, 15) is 13.2 Å². The van der Waals surface area contributed by atoms with Crippen LogP contribution in [0, 0.1) is 6.92 Å². The predicted octanol–water partition coefficient (Wildman–Crippen LogP) is 1.66. The Morgan fingerprint density at radius 3 is 2.21 bits per heavy atom. The molecule has 33 heavy (non-hydrogen) atoms. The Labute approximate surface area is 196 Å². The van der Waals surface area contributed by atoms with Gasteiger partial charge in [0.25, 0.3) is 0 Å². The lowest BCUT2D eigenvalue weighted by Gasteiger charge is -2.38. The smallest absolute Gasteiger partial charge is 0.243 e. The maximum absolute atomic E-state index is 12.9. The van der Waals surface area contributed by atoms with Gasteiger partial charge in [0, 0.05) is 64.1 Å². The molecule has 2 aliphatic heterocycles. The molecule has 2 aliphatic rings. The van der Waals surface area contributed by atoms with Gasteiger partial charge in [0.2, 0.25) is 15.9 Å². The standard InChI is InChI=1S/C24H32N4O4S/c1-20-6-8-23(9-7-20)33(30,31)28-16-14-27(15-17-28)24(29)19-25-10-12-26(13-11-25)21-4-3-5-22(18-21)32-2/h3-9,18H,10-17,19H2,1-2H3. The van der Waals surface area contributed by atoms with E-state index < -0.39 is 10.0 Å². The average molecular weight is 473 g/mol. The highest BCUT2D eigenvalue weighted by atomic mass is 32.2. The van der Waals surface area contributed by atoms with Gasteiger partial charge in [-0.3, -0.25) is 9.69 Å². The molecule has 2 saturated heterocycles. The normalized spacial score (nSPS) is 18.4. The number of carbonyl (C=O) groups is 1. The lowest BCUT2D eigenvalue weighted by Crippen LogP contribution is -2.54. The third kappa shape index (κ3) is 5.48. The van der Waals surface area contributed by atoms with Gasteiger partial charge in [0.1, 0.15) is 5.75 Å². The number of sulfonamides is 1. The van der Waals surface area contributed by atoms with Crippen LogP contribution >= 0.6 is 0 Å². The Morgan fingerprint density at radius 1 is 0.909 bits per heavy atom. The van der Waals surface area contributed by atoms with Gasteiger partial charge in [-0.1, -0.05) is 23.8 Å². The Bertz CT molecular complexity index is 1060. The van der Waals surface area contributed by atoms with Crippen LogP contribution < -0.4 is 9.64 Å². The lowest BCUT2D eigenvalue weighted by atomic mass is 10.2. The highest BCUT2D eigenvalue weighted by Crippen LogP contribution is 2.22. The fourth-order valence-corrected chi connectivity index (χ4v) is 5.72.